The zero-order valence-corrected chi connectivity index (χ0v) is 40.6. The number of esters is 1. The molecular weight excluding hydrogens is 755 g/mol. The number of unbranched alkanes of at least 4 members (excludes halogenated alkanes) is 32. The van der Waals surface area contributed by atoms with E-state index in [4.69, 9.17) is 4.74 Å². The number of nitrogens with one attached hydrogen (secondary N) is 1. The van der Waals surface area contributed by atoms with E-state index in [-0.39, 0.29) is 18.5 Å². The van der Waals surface area contributed by atoms with E-state index in [2.05, 4.69) is 55.6 Å². The van der Waals surface area contributed by atoms with Crippen molar-refractivity contribution >= 4 is 11.9 Å². The third-order valence-corrected chi connectivity index (χ3v) is 12.2. The van der Waals surface area contributed by atoms with Crippen LogP contribution in [0.25, 0.3) is 0 Å². The number of aliphatic hydroxyl groups is 2. The number of allylic oxidation sites excluding steroid dienone is 6. The van der Waals surface area contributed by atoms with Gasteiger partial charge in [0.2, 0.25) is 5.91 Å². The van der Waals surface area contributed by atoms with Crippen molar-refractivity contribution in [2.45, 2.75) is 289 Å². The summed E-state index contributed by atoms with van der Waals surface area (Å²) in [5.74, 6) is -0.0864. The van der Waals surface area contributed by atoms with E-state index in [1.54, 1.807) is 0 Å². The third-order valence-electron chi connectivity index (χ3n) is 12.2. The summed E-state index contributed by atoms with van der Waals surface area (Å²) in [6, 6.07) is -0.562. The van der Waals surface area contributed by atoms with Crippen molar-refractivity contribution in [2.75, 3.05) is 13.2 Å². The Morgan fingerprint density at radius 2 is 0.820 bits per heavy atom. The first-order chi connectivity index (χ1) is 30.0. The molecule has 61 heavy (non-hydrogen) atoms. The molecule has 0 aromatic rings. The second-order valence-corrected chi connectivity index (χ2v) is 18.2. The Morgan fingerprint density at radius 3 is 1.30 bits per heavy atom. The van der Waals surface area contributed by atoms with Gasteiger partial charge in [-0.25, -0.2) is 0 Å². The van der Waals surface area contributed by atoms with Gasteiger partial charge in [0.05, 0.1) is 25.4 Å². The van der Waals surface area contributed by atoms with Crippen LogP contribution in [0.1, 0.15) is 277 Å². The Labute approximate surface area is 379 Å². The number of aliphatic hydroxyl groups excluding tert-OH is 2. The smallest absolute Gasteiger partial charge is 0.305 e. The van der Waals surface area contributed by atoms with Crippen molar-refractivity contribution in [1.82, 2.24) is 5.32 Å². The molecule has 0 bridgehead atoms. The van der Waals surface area contributed by atoms with Gasteiger partial charge in [-0.15, -0.1) is 0 Å². The van der Waals surface area contributed by atoms with E-state index in [0.29, 0.717) is 25.9 Å². The minimum Gasteiger partial charge on any atom is -0.466 e. The average molecular weight is 858 g/mol. The number of amides is 1. The Bertz CT molecular complexity index is 993. The first kappa shape index (κ1) is 59.1. The largest absolute Gasteiger partial charge is 0.466 e. The van der Waals surface area contributed by atoms with Crippen LogP contribution in [-0.2, 0) is 14.3 Å². The molecular formula is C55H103NO5. The molecule has 0 fully saturated rings. The molecule has 2 unspecified atom stereocenters. The lowest BCUT2D eigenvalue weighted by Gasteiger charge is -2.22. The quantitative estimate of drug-likeness (QED) is 0.0322. The van der Waals surface area contributed by atoms with Gasteiger partial charge in [-0.1, -0.05) is 217 Å². The van der Waals surface area contributed by atoms with E-state index in [1.807, 2.05) is 0 Å². The summed E-state index contributed by atoms with van der Waals surface area (Å²) in [4.78, 5) is 24.5. The van der Waals surface area contributed by atoms with Gasteiger partial charge in [0.15, 0.2) is 0 Å². The fraction of sp³-hybridized carbons (Fsp3) is 0.855. The molecule has 0 saturated carbocycles. The van der Waals surface area contributed by atoms with Crippen LogP contribution in [0.15, 0.2) is 36.5 Å². The summed E-state index contributed by atoms with van der Waals surface area (Å²) in [6.07, 6.45) is 61.1. The number of ether oxygens (including phenoxy) is 1. The highest BCUT2D eigenvalue weighted by Crippen LogP contribution is 2.16. The Kier molecular flexibility index (Phi) is 49.1. The van der Waals surface area contributed by atoms with E-state index < -0.39 is 12.1 Å². The number of carbonyl (C=O) groups is 2. The molecule has 0 heterocycles. The Balaban J connectivity index is 3.49. The topological polar surface area (TPSA) is 95.9 Å². The lowest BCUT2D eigenvalue weighted by Crippen LogP contribution is -2.45. The summed E-state index contributed by atoms with van der Waals surface area (Å²) >= 11 is 0. The molecule has 0 aromatic carbocycles. The van der Waals surface area contributed by atoms with Crippen LogP contribution in [0.4, 0.5) is 0 Å². The molecule has 0 saturated heterocycles. The monoisotopic (exact) mass is 858 g/mol. The zero-order chi connectivity index (χ0) is 44.4. The van der Waals surface area contributed by atoms with Crippen molar-refractivity contribution < 1.29 is 24.5 Å². The molecule has 6 heteroatoms. The first-order valence-electron chi connectivity index (χ1n) is 26.7. The first-order valence-corrected chi connectivity index (χ1v) is 26.7. The van der Waals surface area contributed by atoms with Crippen molar-refractivity contribution in [3.8, 4) is 0 Å². The summed E-state index contributed by atoms with van der Waals surface area (Å²) in [6.45, 7) is 4.88. The molecule has 358 valence electrons. The summed E-state index contributed by atoms with van der Waals surface area (Å²) < 4.78 is 5.46. The fourth-order valence-corrected chi connectivity index (χ4v) is 8.02. The number of hydrogen-bond donors (Lipinski definition) is 3. The Hall–Kier alpha value is -1.92. The predicted octanol–water partition coefficient (Wildman–Crippen LogP) is 16.1. The lowest BCUT2D eigenvalue weighted by molar-refractivity contribution is -0.143. The number of rotatable bonds is 49. The van der Waals surface area contributed by atoms with Crippen LogP contribution in [0.2, 0.25) is 0 Å². The molecule has 3 N–H and O–H groups in total. The number of hydrogen-bond acceptors (Lipinski definition) is 5. The minimum atomic E-state index is -0.681. The van der Waals surface area contributed by atoms with Gasteiger partial charge in [0.1, 0.15) is 0 Å². The maximum atomic E-state index is 12.4. The minimum absolute atomic E-state index is 0.0203. The molecule has 0 radical (unpaired) electrons. The fourth-order valence-electron chi connectivity index (χ4n) is 8.02. The maximum Gasteiger partial charge on any atom is 0.305 e. The van der Waals surface area contributed by atoms with Gasteiger partial charge in [-0.3, -0.25) is 9.59 Å². The lowest BCUT2D eigenvalue weighted by atomic mass is 10.0. The summed E-state index contributed by atoms with van der Waals surface area (Å²) in [5, 5.41) is 23.2. The normalized spacial score (nSPS) is 12.9. The van der Waals surface area contributed by atoms with Crippen LogP contribution in [-0.4, -0.2) is 47.4 Å². The highest BCUT2D eigenvalue weighted by Gasteiger charge is 2.20. The third kappa shape index (κ3) is 47.4. The average Bonchev–Trinajstić information content (AvgIpc) is 3.26. The maximum absolute atomic E-state index is 12.4. The predicted molar refractivity (Wildman–Crippen MR) is 264 cm³/mol. The van der Waals surface area contributed by atoms with Crippen molar-refractivity contribution in [3.63, 3.8) is 0 Å². The second kappa shape index (κ2) is 50.7. The zero-order valence-electron chi connectivity index (χ0n) is 40.6. The molecule has 0 aliphatic rings. The molecule has 2 atom stereocenters. The molecule has 0 rings (SSSR count). The van der Waals surface area contributed by atoms with Gasteiger partial charge >= 0.3 is 5.97 Å². The molecule has 0 spiro atoms. The summed E-state index contributed by atoms with van der Waals surface area (Å²) in [7, 11) is 0. The molecule has 6 nitrogen and oxygen atoms in total. The SMILES string of the molecule is CCCCCC/C=C\C/C=C\CCCCCCCCCC(=O)OCCCCCCCC/C=C\CCCCCC(=O)NC(CO)C(O)CCCCCCCCCCCCCCC. The number of carbonyl (C=O) groups excluding carboxylic acids is 2. The standard InChI is InChI=1S/C55H103NO5/c1-3-5-7-9-11-13-15-17-18-19-20-21-25-29-33-37-41-45-49-55(60)61-50-46-42-38-34-30-26-22-24-28-32-36-40-44-48-54(59)56-52(51-57)53(58)47-43-39-35-31-27-23-16-14-12-10-8-6-4-2/h13,15,18-19,24,28,52-53,57-58H,3-12,14,16-17,20-23,25-27,29-51H2,1-2H3,(H,56,59)/b15-13-,19-18-,28-24-. The van der Waals surface area contributed by atoms with Crippen LogP contribution in [0.3, 0.4) is 0 Å². The Morgan fingerprint density at radius 1 is 0.459 bits per heavy atom. The van der Waals surface area contributed by atoms with Crippen LogP contribution in [0.5, 0.6) is 0 Å². The molecule has 0 aliphatic carbocycles. The molecule has 0 aliphatic heterocycles. The van der Waals surface area contributed by atoms with Gasteiger partial charge < -0.3 is 20.3 Å². The van der Waals surface area contributed by atoms with E-state index in [1.165, 1.54) is 167 Å². The van der Waals surface area contributed by atoms with Gasteiger partial charge in [-0.2, -0.15) is 0 Å². The highest BCUT2D eigenvalue weighted by atomic mass is 16.5. The second-order valence-electron chi connectivity index (χ2n) is 18.2. The van der Waals surface area contributed by atoms with Crippen LogP contribution < -0.4 is 5.32 Å². The van der Waals surface area contributed by atoms with Gasteiger partial charge in [0.25, 0.3) is 0 Å². The van der Waals surface area contributed by atoms with E-state index >= 15 is 0 Å². The molecule has 0 aromatic heterocycles. The van der Waals surface area contributed by atoms with Crippen LogP contribution >= 0.6 is 0 Å². The summed E-state index contributed by atoms with van der Waals surface area (Å²) in [5.41, 5.74) is 0. The van der Waals surface area contributed by atoms with Gasteiger partial charge in [-0.05, 0) is 83.5 Å². The van der Waals surface area contributed by atoms with E-state index in [0.717, 1.165) is 77.0 Å². The highest BCUT2D eigenvalue weighted by molar-refractivity contribution is 5.76. The van der Waals surface area contributed by atoms with Crippen molar-refractivity contribution in [2.24, 2.45) is 0 Å². The van der Waals surface area contributed by atoms with Crippen molar-refractivity contribution in [3.05, 3.63) is 36.5 Å². The molecule has 1 amide bonds. The van der Waals surface area contributed by atoms with Gasteiger partial charge in [0, 0.05) is 12.8 Å². The van der Waals surface area contributed by atoms with E-state index in [9.17, 15) is 19.8 Å². The van der Waals surface area contributed by atoms with Crippen LogP contribution in [0, 0.1) is 0 Å². The van der Waals surface area contributed by atoms with Crippen molar-refractivity contribution in [1.29, 1.82) is 0 Å².